The lowest BCUT2D eigenvalue weighted by molar-refractivity contribution is 0.173. The molecule has 16 nitrogen and oxygen atoms in total. The number of ether oxygens (including phenoxy) is 4. The number of hydrogen-bond acceptors (Lipinski definition) is 14. The molecular formula is C52H58N10O6S. The standard InChI is InChI=1S/C25H25N5O2.C20H16N4O4S.C6H13N.CH4/c1-16-7-9-19-20(13-16)30(24(28-19)17-8-10-21-22(14-17)32-15-31-21)23-11-12-26-25(29-23)27-18-5-3-2-4-6-18;1-12-3-5-14-15(9-12)24(18-7-8-21-20(23-18)29(2,25)26)19(22-14)13-4-6-16-17(10-13)28-11-27-16;7-6-4-2-1-3-5-6;/h7-14,18H,2-6,15H2,1H3,(H,26,27,29);3-10H,11H2,1-2H3;6H,1-5,7H2;1H4. The Morgan fingerprint density at radius 2 is 1.07 bits per heavy atom. The van der Waals surface area contributed by atoms with Crippen LogP contribution in [0.3, 0.4) is 0 Å². The molecule has 6 heterocycles. The number of anilines is 1. The van der Waals surface area contributed by atoms with E-state index in [-0.39, 0.29) is 26.2 Å². The van der Waals surface area contributed by atoms with Gasteiger partial charge >= 0.3 is 0 Å². The van der Waals surface area contributed by atoms with Crippen molar-refractivity contribution >= 4 is 37.9 Å². The van der Waals surface area contributed by atoms with Crippen LogP contribution < -0.4 is 30.0 Å². The Morgan fingerprint density at radius 3 is 1.58 bits per heavy atom. The molecule has 4 aliphatic rings. The van der Waals surface area contributed by atoms with Crippen molar-refractivity contribution < 1.29 is 27.4 Å². The molecule has 358 valence electrons. The van der Waals surface area contributed by atoms with Crippen LogP contribution in [-0.4, -0.2) is 79.4 Å². The van der Waals surface area contributed by atoms with Gasteiger partial charge in [0.05, 0.1) is 22.1 Å². The highest BCUT2D eigenvalue weighted by atomic mass is 32.2. The monoisotopic (exact) mass is 950 g/mol. The van der Waals surface area contributed by atoms with Crippen LogP contribution in [0.1, 0.15) is 82.8 Å². The second-order valence-electron chi connectivity index (χ2n) is 17.7. The van der Waals surface area contributed by atoms with Crippen LogP contribution in [0, 0.1) is 13.8 Å². The van der Waals surface area contributed by atoms with E-state index in [1.165, 1.54) is 76.0 Å². The van der Waals surface area contributed by atoms with E-state index in [4.69, 9.17) is 39.6 Å². The normalized spacial score (nSPS) is 15.5. The molecule has 12 rings (SSSR count). The largest absolute Gasteiger partial charge is 0.454 e. The number of nitrogens with zero attached hydrogens (tertiary/aromatic N) is 8. The maximum atomic E-state index is 12.0. The third-order valence-electron chi connectivity index (χ3n) is 12.5. The van der Waals surface area contributed by atoms with Crippen molar-refractivity contribution in [1.29, 1.82) is 0 Å². The van der Waals surface area contributed by atoms with Gasteiger partial charge in [-0.15, -0.1) is 0 Å². The number of nitrogens with two attached hydrogens (primary N) is 1. The molecule has 2 saturated carbocycles. The molecular weight excluding hydrogens is 893 g/mol. The Morgan fingerprint density at radius 1 is 0.580 bits per heavy atom. The molecule has 0 unspecified atom stereocenters. The van der Waals surface area contributed by atoms with Crippen LogP contribution in [-0.2, 0) is 9.84 Å². The molecule has 0 spiro atoms. The van der Waals surface area contributed by atoms with E-state index in [0.29, 0.717) is 41.2 Å². The van der Waals surface area contributed by atoms with E-state index >= 15 is 0 Å². The predicted molar refractivity (Wildman–Crippen MR) is 267 cm³/mol. The van der Waals surface area contributed by atoms with Crippen molar-refractivity contribution in [2.24, 2.45) is 5.73 Å². The van der Waals surface area contributed by atoms with Gasteiger partial charge in [-0.2, -0.15) is 4.98 Å². The van der Waals surface area contributed by atoms with Crippen LogP contribution >= 0.6 is 0 Å². The lowest BCUT2D eigenvalue weighted by Crippen LogP contribution is -2.23. The minimum Gasteiger partial charge on any atom is -0.454 e. The molecule has 0 saturated heterocycles. The highest BCUT2D eigenvalue weighted by Gasteiger charge is 2.23. The summed E-state index contributed by atoms with van der Waals surface area (Å²) in [6.07, 6.45) is 17.2. The fourth-order valence-corrected chi connectivity index (χ4v) is 9.55. The molecule has 2 aliphatic heterocycles. The number of hydrogen-bond donors (Lipinski definition) is 2. The Kier molecular flexibility index (Phi) is 13.8. The van der Waals surface area contributed by atoms with Crippen LogP contribution in [0.15, 0.2) is 102 Å². The molecule has 4 aromatic carbocycles. The lowest BCUT2D eigenvalue weighted by Gasteiger charge is -2.22. The van der Waals surface area contributed by atoms with Crippen LogP contribution in [0.2, 0.25) is 0 Å². The summed E-state index contributed by atoms with van der Waals surface area (Å²) in [4.78, 5) is 27.3. The molecule has 0 radical (unpaired) electrons. The summed E-state index contributed by atoms with van der Waals surface area (Å²) in [5.41, 5.74) is 13.1. The van der Waals surface area contributed by atoms with Gasteiger partial charge in [0.1, 0.15) is 23.3 Å². The average molecular weight is 951 g/mol. The van der Waals surface area contributed by atoms with Gasteiger partial charge in [0.2, 0.25) is 34.5 Å². The summed E-state index contributed by atoms with van der Waals surface area (Å²) >= 11 is 0. The van der Waals surface area contributed by atoms with Gasteiger partial charge in [0.15, 0.2) is 23.0 Å². The average Bonchev–Trinajstić information content (AvgIpc) is 4.17. The number of sulfone groups is 1. The van der Waals surface area contributed by atoms with Gasteiger partial charge in [-0.1, -0.05) is 58.1 Å². The summed E-state index contributed by atoms with van der Waals surface area (Å²) in [5.74, 6) is 6.10. The topological polar surface area (TPSA) is 196 Å². The number of nitrogens with one attached hydrogen (secondary N) is 1. The lowest BCUT2D eigenvalue weighted by atomic mass is 9.96. The maximum absolute atomic E-state index is 12.0. The molecule has 4 aromatic heterocycles. The second kappa shape index (κ2) is 20.2. The quantitative estimate of drug-likeness (QED) is 0.143. The molecule has 8 aromatic rings. The first-order chi connectivity index (χ1) is 33.0. The Hall–Kier alpha value is -7.11. The fourth-order valence-electron chi connectivity index (χ4n) is 9.03. The van der Waals surface area contributed by atoms with E-state index in [1.807, 2.05) is 78.4 Å². The minimum atomic E-state index is -3.56. The molecule has 2 aliphatic carbocycles. The van der Waals surface area contributed by atoms with Gasteiger partial charge in [0.25, 0.3) is 0 Å². The number of benzene rings is 4. The highest BCUT2D eigenvalue weighted by molar-refractivity contribution is 7.90. The number of rotatable bonds is 7. The predicted octanol–water partition coefficient (Wildman–Crippen LogP) is 10.1. The Labute approximate surface area is 402 Å². The van der Waals surface area contributed by atoms with Gasteiger partial charge in [0, 0.05) is 41.9 Å². The Bertz CT molecular complexity index is 3230. The zero-order chi connectivity index (χ0) is 46.8. The fraction of sp³-hybridized carbons (Fsp3) is 0.346. The van der Waals surface area contributed by atoms with Gasteiger partial charge in [-0.05, 0) is 123 Å². The van der Waals surface area contributed by atoms with Crippen molar-refractivity contribution in [3.63, 3.8) is 0 Å². The van der Waals surface area contributed by atoms with E-state index < -0.39 is 9.84 Å². The third-order valence-corrected chi connectivity index (χ3v) is 13.4. The van der Waals surface area contributed by atoms with E-state index in [1.54, 1.807) is 6.07 Å². The highest BCUT2D eigenvalue weighted by Crippen LogP contribution is 2.39. The molecule has 3 N–H and O–H groups in total. The Balaban J connectivity index is 0.000000149. The van der Waals surface area contributed by atoms with Crippen molar-refractivity contribution in [3.8, 4) is 57.4 Å². The number of imidazole rings is 2. The summed E-state index contributed by atoms with van der Waals surface area (Å²) in [7, 11) is -3.56. The van der Waals surface area contributed by atoms with Crippen LogP contribution in [0.25, 0.3) is 56.5 Å². The first kappa shape index (κ1) is 47.0. The van der Waals surface area contributed by atoms with E-state index in [0.717, 1.165) is 68.2 Å². The van der Waals surface area contributed by atoms with Gasteiger partial charge in [-0.25, -0.2) is 33.3 Å². The summed E-state index contributed by atoms with van der Waals surface area (Å²) in [5, 5.41) is 3.31. The number of fused-ring (bicyclic) bond motifs is 4. The molecule has 0 atom stereocenters. The number of aryl methyl sites for hydroxylation is 2. The molecule has 17 heteroatoms. The zero-order valence-electron chi connectivity index (χ0n) is 38.4. The van der Waals surface area contributed by atoms with Crippen molar-refractivity contribution in [2.75, 3.05) is 25.2 Å². The van der Waals surface area contributed by atoms with Crippen molar-refractivity contribution in [3.05, 3.63) is 108 Å². The molecule has 2 fully saturated rings. The zero-order valence-corrected chi connectivity index (χ0v) is 39.2. The first-order valence-corrected chi connectivity index (χ1v) is 25.1. The smallest absolute Gasteiger partial charge is 0.248 e. The van der Waals surface area contributed by atoms with E-state index in [9.17, 15) is 8.42 Å². The summed E-state index contributed by atoms with van der Waals surface area (Å²) < 4.78 is 49.9. The SMILES string of the molecule is C.Cc1ccc2nc(-c3ccc4c(c3)OCO4)n(-c3ccnc(NC4CCCCC4)n3)c2c1.Cc1ccc2nc(-c3ccc4c(c3)OCO4)n(-c3ccnc(S(C)(=O)=O)n3)c2c1.NC1CCCCC1. The third kappa shape index (κ3) is 10.3. The second-order valence-corrected chi connectivity index (χ2v) is 19.7. The number of aromatic nitrogens is 8. The van der Waals surface area contributed by atoms with E-state index in [2.05, 4.69) is 50.0 Å². The van der Waals surface area contributed by atoms with Crippen molar-refractivity contribution in [2.45, 2.75) is 103 Å². The van der Waals surface area contributed by atoms with Gasteiger partial charge in [-0.3, -0.25) is 9.13 Å². The van der Waals surface area contributed by atoms with Crippen LogP contribution in [0.5, 0.6) is 23.0 Å². The molecule has 0 amide bonds. The van der Waals surface area contributed by atoms with Crippen molar-refractivity contribution in [1.82, 2.24) is 39.0 Å². The summed E-state index contributed by atoms with van der Waals surface area (Å²) in [6.45, 7) is 4.50. The molecule has 69 heavy (non-hydrogen) atoms. The molecule has 0 bridgehead atoms. The minimum absolute atomic E-state index is 0. The maximum Gasteiger partial charge on any atom is 0.248 e. The van der Waals surface area contributed by atoms with Gasteiger partial charge < -0.3 is 30.0 Å². The first-order valence-electron chi connectivity index (χ1n) is 23.2. The summed E-state index contributed by atoms with van der Waals surface area (Å²) in [6, 6.07) is 28.2. The van der Waals surface area contributed by atoms with Crippen LogP contribution in [0.4, 0.5) is 5.95 Å².